The molecule has 4 aromatic rings. The fourth-order valence-electron chi connectivity index (χ4n) is 4.01. The van der Waals surface area contributed by atoms with Crippen molar-refractivity contribution in [2.45, 2.75) is 19.6 Å². The van der Waals surface area contributed by atoms with Crippen LogP contribution >= 0.6 is 23.2 Å². The first-order chi connectivity index (χ1) is 13.0. The second-order valence-corrected chi connectivity index (χ2v) is 7.65. The summed E-state index contributed by atoms with van der Waals surface area (Å²) in [6.45, 7) is 6.66. The lowest BCUT2D eigenvalue weighted by molar-refractivity contribution is 0.210. The molecule has 0 N–H and O–H groups in total. The van der Waals surface area contributed by atoms with Crippen LogP contribution in [0.25, 0.3) is 27.6 Å². The number of aromatic nitrogens is 2. The Balaban J connectivity index is 1.84. The van der Waals surface area contributed by atoms with Crippen LogP contribution in [0.5, 0.6) is 0 Å². The molecule has 0 fully saturated rings. The first-order valence-electron chi connectivity index (χ1n) is 8.74. The van der Waals surface area contributed by atoms with E-state index in [1.165, 1.54) is 10.8 Å². The van der Waals surface area contributed by atoms with Crippen LogP contribution in [0.4, 0.5) is 0 Å². The number of halogens is 2. The van der Waals surface area contributed by atoms with E-state index in [1.54, 1.807) is 6.07 Å². The van der Waals surface area contributed by atoms with E-state index >= 15 is 0 Å². The summed E-state index contributed by atoms with van der Waals surface area (Å²) in [5, 5.41) is 3.71. The summed E-state index contributed by atoms with van der Waals surface area (Å²) in [6, 6.07) is 13.9. The van der Waals surface area contributed by atoms with Gasteiger partial charge in [0.05, 0.1) is 11.7 Å². The molecule has 0 amide bonds. The lowest BCUT2D eigenvalue weighted by atomic mass is 10.0. The molecule has 5 heteroatoms. The molecule has 5 rings (SSSR count). The summed E-state index contributed by atoms with van der Waals surface area (Å²) >= 11 is 12.6. The third-order valence-electron chi connectivity index (χ3n) is 5.18. The highest BCUT2D eigenvalue weighted by Crippen LogP contribution is 2.43. The van der Waals surface area contributed by atoms with Crippen LogP contribution in [0, 0.1) is 0 Å². The molecule has 0 bridgehead atoms. The van der Waals surface area contributed by atoms with Gasteiger partial charge in [-0.15, -0.1) is 0 Å². The molecule has 1 unspecified atom stereocenters. The van der Waals surface area contributed by atoms with Crippen LogP contribution < -0.4 is 0 Å². The Bertz CT molecular complexity index is 1240. The predicted molar refractivity (Wildman–Crippen MR) is 111 cm³/mol. The van der Waals surface area contributed by atoms with Crippen molar-refractivity contribution in [2.75, 3.05) is 0 Å². The number of hydrogen-bond donors (Lipinski definition) is 0. The van der Waals surface area contributed by atoms with E-state index in [0.29, 0.717) is 22.3 Å². The van der Waals surface area contributed by atoms with Crippen LogP contribution in [0.1, 0.15) is 29.8 Å². The first-order valence-corrected chi connectivity index (χ1v) is 9.50. The molecule has 1 atom stereocenters. The van der Waals surface area contributed by atoms with E-state index in [-0.39, 0.29) is 6.10 Å². The van der Waals surface area contributed by atoms with Crippen molar-refractivity contribution in [3.8, 4) is 0 Å². The summed E-state index contributed by atoms with van der Waals surface area (Å²) in [5.41, 5.74) is 5.10. The Morgan fingerprint density at radius 2 is 1.96 bits per heavy atom. The third-order valence-corrected chi connectivity index (χ3v) is 5.78. The second kappa shape index (κ2) is 6.01. The van der Waals surface area contributed by atoms with Gasteiger partial charge < -0.3 is 9.30 Å². The topological polar surface area (TPSA) is 27.1 Å². The first kappa shape index (κ1) is 16.7. The van der Waals surface area contributed by atoms with Crippen LogP contribution in [-0.2, 0) is 11.3 Å². The monoisotopic (exact) mass is 394 g/mol. The molecule has 0 radical (unpaired) electrons. The van der Waals surface area contributed by atoms with Gasteiger partial charge in [-0.2, -0.15) is 0 Å². The fourth-order valence-corrected chi connectivity index (χ4v) is 4.38. The van der Waals surface area contributed by atoms with Crippen LogP contribution in [0.2, 0.25) is 10.0 Å². The van der Waals surface area contributed by atoms with Gasteiger partial charge in [0.1, 0.15) is 17.6 Å². The minimum Gasteiger partial charge on any atom is -0.484 e. The lowest BCUT2D eigenvalue weighted by Crippen LogP contribution is -2.01. The van der Waals surface area contributed by atoms with Gasteiger partial charge >= 0.3 is 0 Å². The van der Waals surface area contributed by atoms with E-state index < -0.39 is 0 Å². The maximum atomic E-state index is 6.43. The molecule has 0 spiro atoms. The molecule has 3 nitrogen and oxygen atoms in total. The maximum Gasteiger partial charge on any atom is 0.139 e. The molecule has 1 aliphatic heterocycles. The zero-order valence-electron chi connectivity index (χ0n) is 14.7. The number of ether oxygens (including phenoxy) is 1. The highest BCUT2D eigenvalue weighted by molar-refractivity contribution is 6.33. The Kier molecular flexibility index (Phi) is 3.71. The predicted octanol–water partition coefficient (Wildman–Crippen LogP) is 6.61. The highest BCUT2D eigenvalue weighted by atomic mass is 35.5. The number of para-hydroxylation sites is 1. The van der Waals surface area contributed by atoms with Crippen LogP contribution in [0.15, 0.2) is 55.2 Å². The Hall–Kier alpha value is -2.49. The van der Waals surface area contributed by atoms with Crippen molar-refractivity contribution in [3.63, 3.8) is 0 Å². The van der Waals surface area contributed by atoms with Gasteiger partial charge in [-0.3, -0.25) is 4.98 Å². The number of pyridine rings is 1. The average molecular weight is 395 g/mol. The zero-order chi connectivity index (χ0) is 18.7. The van der Waals surface area contributed by atoms with Gasteiger partial charge in [-0.25, -0.2) is 0 Å². The molecule has 134 valence electrons. The maximum absolute atomic E-state index is 6.43. The average Bonchev–Trinajstić information content (AvgIpc) is 3.13. The van der Waals surface area contributed by atoms with Crippen molar-refractivity contribution < 1.29 is 4.74 Å². The van der Waals surface area contributed by atoms with Gasteiger partial charge in [-0.1, -0.05) is 48.0 Å². The quantitative estimate of drug-likeness (QED) is 0.382. The number of benzene rings is 2. The Morgan fingerprint density at radius 3 is 2.81 bits per heavy atom. The number of nitrogens with zero attached hydrogens (tertiary/aromatic N) is 2. The van der Waals surface area contributed by atoms with Crippen molar-refractivity contribution >= 4 is 50.8 Å². The summed E-state index contributed by atoms with van der Waals surface area (Å²) in [5.74, 6) is 0.633. The summed E-state index contributed by atoms with van der Waals surface area (Å²) in [7, 11) is 0. The molecule has 2 aromatic heterocycles. The van der Waals surface area contributed by atoms with Gasteiger partial charge in [0, 0.05) is 38.4 Å². The lowest BCUT2D eigenvalue weighted by Gasteiger charge is -2.10. The minimum absolute atomic E-state index is 0.0716. The minimum atomic E-state index is -0.0716. The molecule has 27 heavy (non-hydrogen) atoms. The van der Waals surface area contributed by atoms with Crippen molar-refractivity contribution in [3.05, 3.63) is 82.1 Å². The number of rotatable bonds is 2. The largest absolute Gasteiger partial charge is 0.484 e. The fraction of sp³-hybridized carbons (Fsp3) is 0.136. The van der Waals surface area contributed by atoms with Crippen LogP contribution in [0.3, 0.4) is 0 Å². The van der Waals surface area contributed by atoms with Crippen LogP contribution in [-0.4, -0.2) is 9.55 Å². The van der Waals surface area contributed by atoms with Gasteiger partial charge in [0.2, 0.25) is 0 Å². The molecule has 1 aliphatic rings. The standard InChI is InChI=1S/C22H16Cl2N2O/c1-12-20-21-16-5-3-4-6-18(16)26(11-14-9-15(23)7-8-17(14)24)19(21)10-25-22(20)13(2)27-12/h3-10,12H,2,11H2,1H3. The van der Waals surface area contributed by atoms with Crippen molar-refractivity contribution in [1.29, 1.82) is 0 Å². The smallest absolute Gasteiger partial charge is 0.139 e. The van der Waals surface area contributed by atoms with Crippen molar-refractivity contribution in [2.24, 2.45) is 0 Å². The third kappa shape index (κ3) is 2.46. The molecule has 2 aromatic carbocycles. The summed E-state index contributed by atoms with van der Waals surface area (Å²) in [6.07, 6.45) is 1.83. The van der Waals surface area contributed by atoms with Gasteiger partial charge in [0.25, 0.3) is 0 Å². The molecule has 0 aliphatic carbocycles. The molecule has 0 saturated carbocycles. The zero-order valence-corrected chi connectivity index (χ0v) is 16.2. The van der Waals surface area contributed by atoms with E-state index in [9.17, 15) is 0 Å². The van der Waals surface area contributed by atoms with Crippen molar-refractivity contribution in [1.82, 2.24) is 9.55 Å². The molecule has 3 heterocycles. The Labute approximate surface area is 166 Å². The SMILES string of the molecule is C=C1OC(C)c2c1ncc1c2c2ccccc2n1Cc1cc(Cl)ccc1Cl. The molecular weight excluding hydrogens is 379 g/mol. The van der Waals surface area contributed by atoms with E-state index in [0.717, 1.165) is 27.9 Å². The highest BCUT2D eigenvalue weighted by Gasteiger charge is 2.29. The van der Waals surface area contributed by atoms with Gasteiger partial charge in [0.15, 0.2) is 0 Å². The number of hydrogen-bond acceptors (Lipinski definition) is 2. The normalized spacial score (nSPS) is 16.1. The molecular formula is C22H16Cl2N2O. The summed E-state index contributed by atoms with van der Waals surface area (Å²) in [4.78, 5) is 4.65. The van der Waals surface area contributed by atoms with E-state index in [1.807, 2.05) is 31.3 Å². The molecule has 0 saturated heterocycles. The van der Waals surface area contributed by atoms with E-state index in [4.69, 9.17) is 27.9 Å². The second-order valence-electron chi connectivity index (χ2n) is 6.80. The van der Waals surface area contributed by atoms with E-state index in [2.05, 4.69) is 34.3 Å². The Morgan fingerprint density at radius 1 is 1.15 bits per heavy atom. The van der Waals surface area contributed by atoms with Gasteiger partial charge in [-0.05, 0) is 36.8 Å². The summed E-state index contributed by atoms with van der Waals surface area (Å²) < 4.78 is 8.09. The number of fused-ring (bicyclic) bond motifs is 5.